The van der Waals surface area contributed by atoms with Crippen LogP contribution in [0.4, 0.5) is 11.5 Å². The Labute approximate surface area is 199 Å². The maximum Gasteiger partial charge on any atom is 0.199 e. The van der Waals surface area contributed by atoms with E-state index >= 15 is 0 Å². The molecular formula is C26H30N6O2. The first-order valence-corrected chi connectivity index (χ1v) is 11.2. The Kier molecular flexibility index (Phi) is 6.49. The molecule has 2 aromatic carbocycles. The lowest BCUT2D eigenvalue weighted by molar-refractivity contribution is 0.330. The van der Waals surface area contributed by atoms with Crippen LogP contribution >= 0.6 is 0 Å². The van der Waals surface area contributed by atoms with Crippen LogP contribution in [-0.2, 0) is 18.3 Å². The van der Waals surface area contributed by atoms with Crippen molar-refractivity contribution in [2.45, 2.75) is 46.0 Å². The number of aryl methyl sites for hydroxylation is 1. The smallest absolute Gasteiger partial charge is 0.199 e. The van der Waals surface area contributed by atoms with Gasteiger partial charge in [-0.3, -0.25) is 0 Å². The number of methoxy groups -OCH3 is 1. The summed E-state index contributed by atoms with van der Waals surface area (Å²) in [5.74, 6) is 2.27. The molecule has 8 heteroatoms. The summed E-state index contributed by atoms with van der Waals surface area (Å²) in [5, 5.41) is 8.15. The number of rotatable bonds is 6. The zero-order valence-electron chi connectivity index (χ0n) is 20.2. The van der Waals surface area contributed by atoms with Crippen LogP contribution < -0.4 is 15.8 Å². The van der Waals surface area contributed by atoms with Crippen LogP contribution in [0.3, 0.4) is 0 Å². The van der Waals surface area contributed by atoms with Gasteiger partial charge in [0.1, 0.15) is 17.8 Å². The lowest BCUT2D eigenvalue weighted by Gasteiger charge is -2.12. The molecule has 0 aliphatic rings. The van der Waals surface area contributed by atoms with E-state index in [2.05, 4.69) is 65.3 Å². The number of aromatic nitrogens is 3. The van der Waals surface area contributed by atoms with Crippen molar-refractivity contribution in [1.82, 2.24) is 15.1 Å². The molecule has 4 rings (SSSR count). The van der Waals surface area contributed by atoms with Crippen LogP contribution in [0, 0.1) is 0 Å². The van der Waals surface area contributed by atoms with Crippen LogP contribution in [0.5, 0.6) is 5.75 Å². The van der Waals surface area contributed by atoms with Crippen molar-refractivity contribution in [3.8, 4) is 5.75 Å². The van der Waals surface area contributed by atoms with Crippen LogP contribution in [-0.4, -0.2) is 28.2 Å². The average molecular weight is 459 g/mol. The van der Waals surface area contributed by atoms with Gasteiger partial charge in [-0.1, -0.05) is 45.0 Å². The van der Waals surface area contributed by atoms with Crippen molar-refractivity contribution in [2.24, 2.45) is 10.7 Å². The summed E-state index contributed by atoms with van der Waals surface area (Å²) in [6.07, 6.45) is 3.12. The van der Waals surface area contributed by atoms with Crippen molar-refractivity contribution in [1.29, 1.82) is 0 Å². The largest absolute Gasteiger partial charge is 0.496 e. The fourth-order valence-corrected chi connectivity index (χ4v) is 3.71. The molecule has 0 amide bonds. The summed E-state index contributed by atoms with van der Waals surface area (Å²) >= 11 is 0. The second-order valence-electron chi connectivity index (χ2n) is 9.15. The topological polar surface area (TPSA) is 111 Å². The van der Waals surface area contributed by atoms with E-state index in [0.29, 0.717) is 12.2 Å². The molecule has 0 saturated carbocycles. The van der Waals surface area contributed by atoms with E-state index in [1.54, 1.807) is 19.5 Å². The maximum atomic E-state index is 6.12. The molecule has 0 fully saturated rings. The number of guanidine groups is 1. The third-order valence-electron chi connectivity index (χ3n) is 5.54. The molecule has 0 aliphatic heterocycles. The Morgan fingerprint density at radius 3 is 2.68 bits per heavy atom. The van der Waals surface area contributed by atoms with Crippen molar-refractivity contribution < 1.29 is 9.26 Å². The number of nitrogens with one attached hydrogen (secondary N) is 1. The number of anilines is 1. The molecule has 0 aliphatic carbocycles. The molecule has 0 atom stereocenters. The number of nitrogens with two attached hydrogens (primary N) is 1. The molecule has 34 heavy (non-hydrogen) atoms. The Bertz CT molecular complexity index is 1340. The van der Waals surface area contributed by atoms with Crippen LogP contribution in [0.1, 0.15) is 50.3 Å². The Morgan fingerprint density at radius 1 is 1.15 bits per heavy atom. The molecule has 0 spiro atoms. The van der Waals surface area contributed by atoms with Crippen molar-refractivity contribution in [3.63, 3.8) is 0 Å². The average Bonchev–Trinajstić information content (AvgIpc) is 3.27. The van der Waals surface area contributed by atoms with Crippen molar-refractivity contribution >= 4 is 28.4 Å². The SMILES string of the molecule is CCc1cc2c(Cc3cccc(NC(N)=Nc4cc(C(C)(C)C)on4)c3)ncnc2cc1OC. The highest BCUT2D eigenvalue weighted by Crippen LogP contribution is 2.28. The van der Waals surface area contributed by atoms with Crippen LogP contribution in [0.15, 0.2) is 58.3 Å². The third kappa shape index (κ3) is 5.17. The predicted octanol–water partition coefficient (Wildman–Crippen LogP) is 5.14. The van der Waals surface area contributed by atoms with Crippen molar-refractivity contribution in [3.05, 3.63) is 71.4 Å². The highest BCUT2D eigenvalue weighted by Gasteiger charge is 2.19. The number of aliphatic imine (C=N–C) groups is 1. The van der Waals surface area contributed by atoms with Crippen LogP contribution in [0.25, 0.3) is 10.9 Å². The normalized spacial score (nSPS) is 12.2. The Balaban J connectivity index is 1.55. The van der Waals surface area contributed by atoms with Gasteiger partial charge in [-0.2, -0.15) is 4.99 Å². The molecule has 0 bridgehead atoms. The lowest BCUT2D eigenvalue weighted by Crippen LogP contribution is -2.22. The minimum atomic E-state index is -0.147. The van der Waals surface area contributed by atoms with E-state index in [1.807, 2.05) is 24.3 Å². The van der Waals surface area contributed by atoms with Gasteiger partial charge in [-0.05, 0) is 35.7 Å². The van der Waals surface area contributed by atoms with Crippen molar-refractivity contribution in [2.75, 3.05) is 12.4 Å². The zero-order chi connectivity index (χ0) is 24.3. The lowest BCUT2D eigenvalue weighted by atomic mass is 9.93. The fourth-order valence-electron chi connectivity index (χ4n) is 3.71. The third-order valence-corrected chi connectivity index (χ3v) is 5.54. The molecule has 4 aromatic rings. The summed E-state index contributed by atoms with van der Waals surface area (Å²) in [4.78, 5) is 13.3. The molecule has 0 unspecified atom stereocenters. The molecular weight excluding hydrogens is 428 g/mol. The number of hydrogen-bond acceptors (Lipinski definition) is 6. The predicted molar refractivity (Wildman–Crippen MR) is 135 cm³/mol. The van der Waals surface area contributed by atoms with E-state index in [4.69, 9.17) is 15.0 Å². The molecule has 176 valence electrons. The Morgan fingerprint density at radius 2 is 1.97 bits per heavy atom. The fraction of sp³-hybridized carbons (Fsp3) is 0.308. The molecule has 3 N–H and O–H groups in total. The molecule has 0 saturated heterocycles. The van der Waals surface area contributed by atoms with E-state index in [0.717, 1.165) is 51.3 Å². The number of hydrogen-bond donors (Lipinski definition) is 2. The number of benzene rings is 2. The molecule has 0 radical (unpaired) electrons. The number of nitrogens with zero attached hydrogens (tertiary/aromatic N) is 4. The van der Waals surface area contributed by atoms with Gasteiger partial charge in [0.05, 0.1) is 18.3 Å². The summed E-state index contributed by atoms with van der Waals surface area (Å²) in [6, 6.07) is 13.9. The summed E-state index contributed by atoms with van der Waals surface area (Å²) < 4.78 is 10.9. The minimum absolute atomic E-state index is 0.147. The summed E-state index contributed by atoms with van der Waals surface area (Å²) in [5.41, 5.74) is 10.8. The maximum absolute atomic E-state index is 6.12. The summed E-state index contributed by atoms with van der Waals surface area (Å²) in [6.45, 7) is 8.26. The first-order valence-electron chi connectivity index (χ1n) is 11.2. The van der Waals surface area contributed by atoms with Gasteiger partial charge in [0.15, 0.2) is 11.8 Å². The van der Waals surface area contributed by atoms with Gasteiger partial charge >= 0.3 is 0 Å². The van der Waals surface area contributed by atoms with E-state index in [-0.39, 0.29) is 11.4 Å². The highest BCUT2D eigenvalue weighted by atomic mass is 16.5. The zero-order valence-corrected chi connectivity index (χ0v) is 20.2. The summed E-state index contributed by atoms with van der Waals surface area (Å²) in [7, 11) is 1.68. The van der Waals surface area contributed by atoms with Gasteiger partial charge in [-0.15, -0.1) is 0 Å². The van der Waals surface area contributed by atoms with Gasteiger partial charge in [0.2, 0.25) is 0 Å². The minimum Gasteiger partial charge on any atom is -0.496 e. The molecule has 2 aromatic heterocycles. The van der Waals surface area contributed by atoms with Gasteiger partial charge < -0.3 is 20.3 Å². The first-order chi connectivity index (χ1) is 16.3. The second-order valence-corrected chi connectivity index (χ2v) is 9.15. The van der Waals surface area contributed by atoms with Crippen LogP contribution in [0.2, 0.25) is 0 Å². The quantitative estimate of drug-likeness (QED) is 0.304. The second kappa shape index (κ2) is 9.51. The number of fused-ring (bicyclic) bond motifs is 1. The first kappa shape index (κ1) is 23.2. The number of ether oxygens (including phenoxy) is 1. The monoisotopic (exact) mass is 458 g/mol. The molecule has 8 nitrogen and oxygen atoms in total. The Hall–Kier alpha value is -3.94. The van der Waals surface area contributed by atoms with Gasteiger partial charge in [0.25, 0.3) is 0 Å². The highest BCUT2D eigenvalue weighted by molar-refractivity contribution is 5.93. The van der Waals surface area contributed by atoms with E-state index < -0.39 is 0 Å². The van der Waals surface area contributed by atoms with Gasteiger partial charge in [0, 0.05) is 35.0 Å². The van der Waals surface area contributed by atoms with Gasteiger partial charge in [-0.25, -0.2) is 9.97 Å². The van der Waals surface area contributed by atoms with E-state index in [1.165, 1.54) is 0 Å². The standard InChI is InChI=1S/C26H30N6O2/c1-6-17-12-19-20(28-15-29-21(19)13-22(17)33-5)11-16-8-7-9-18(10-16)30-25(27)31-24-14-23(34-32-24)26(2,3)4/h7-10,12-15H,6,11H2,1-5H3,(H3,27,30,31,32). The van der Waals surface area contributed by atoms with E-state index in [9.17, 15) is 0 Å². The molecule has 2 heterocycles.